The van der Waals surface area contributed by atoms with Crippen molar-refractivity contribution in [3.05, 3.63) is 124 Å². The maximum absolute atomic E-state index is 13.7. The van der Waals surface area contributed by atoms with Crippen LogP contribution in [0, 0.1) is 17.8 Å². The third kappa shape index (κ3) is 30.5. The predicted octanol–water partition coefficient (Wildman–Crippen LogP) is 23.6. The highest BCUT2D eigenvalue weighted by Gasteiger charge is 2.42. The smallest absolute Gasteiger partial charge is 0.351 e. The first kappa shape index (κ1) is 117. The summed E-state index contributed by atoms with van der Waals surface area (Å²) in [5.74, 6) is 3.70. The lowest BCUT2D eigenvalue weighted by atomic mass is 9.88. The first-order chi connectivity index (χ1) is 61.2. The molecule has 6 aliphatic carbocycles. The van der Waals surface area contributed by atoms with Crippen molar-refractivity contribution in [1.29, 1.82) is 0 Å². The summed E-state index contributed by atoms with van der Waals surface area (Å²) in [7, 11) is 0. The summed E-state index contributed by atoms with van der Waals surface area (Å²) < 4.78 is 206. The third-order valence-corrected chi connectivity index (χ3v) is 27.6. The van der Waals surface area contributed by atoms with E-state index in [9.17, 15) is 65.9 Å². The number of hydrogen-bond acceptors (Lipinski definition) is 21. The largest absolute Gasteiger partial charge is 0.416 e. The van der Waals surface area contributed by atoms with Gasteiger partial charge in [-0.25, -0.2) is 30.0 Å². The molecule has 0 bridgehead atoms. The van der Waals surface area contributed by atoms with Crippen LogP contribution >= 0.6 is 112 Å². The number of anilines is 6. The average Bonchev–Trinajstić information content (AvgIpc) is 1.59. The first-order valence-corrected chi connectivity index (χ1v) is 45.7. The van der Waals surface area contributed by atoms with Gasteiger partial charge in [-0.2, -0.15) is 95.8 Å². The SMILES string of the molecule is Cl.Cl.Cl.Cl.Cl.Cl.Cl.Cl.Cl.NC1CCC(Nc2nc(NN3CCC(Cc4cc(C(F)(F)F)cc(C(F)(F)F)c4)CC3)c3ncn(C4CCCC4)c3n2)CC1.NC1CCC(Nc2nc(NN3CCC(Cc4ccc(C(F)(F)F)cc4C(F)(F)F)CC3)c3ncn(C4CCCC4)c3n2)CC1.NC1CCC(Nc2nc(NN3CCC(Cc4cccc(C(F)(F)F)c4)CC3)c3ncn(C4CCCC4)c3n2)CC1. The highest BCUT2D eigenvalue weighted by Crippen LogP contribution is 2.44. The summed E-state index contributed by atoms with van der Waals surface area (Å²) in [6.45, 7) is 3.72. The van der Waals surface area contributed by atoms with Crippen LogP contribution in [0.25, 0.3) is 33.5 Å². The molecule has 0 unspecified atom stereocenters. The Morgan fingerprint density at radius 1 is 0.299 bits per heavy atom. The quantitative estimate of drug-likeness (QED) is 0.0302. The van der Waals surface area contributed by atoms with Gasteiger partial charge >= 0.3 is 30.9 Å². The molecule has 12 N–H and O–H groups in total. The van der Waals surface area contributed by atoms with E-state index in [1.54, 1.807) is 6.07 Å². The number of benzene rings is 3. The predicted molar refractivity (Wildman–Crippen MR) is 524 cm³/mol. The summed E-state index contributed by atoms with van der Waals surface area (Å²) in [4.78, 5) is 43.3. The van der Waals surface area contributed by atoms with Gasteiger partial charge < -0.3 is 63.1 Å². The van der Waals surface area contributed by atoms with Crippen LogP contribution in [0.1, 0.15) is 255 Å². The van der Waals surface area contributed by atoms with E-state index in [1.807, 2.05) is 29.0 Å². The number of hydrazine groups is 3. The molecule has 137 heavy (non-hydrogen) atoms. The Labute approximate surface area is 842 Å². The summed E-state index contributed by atoms with van der Waals surface area (Å²) in [5, 5.41) is 16.7. The minimum atomic E-state index is -4.87. The number of alkyl halides is 15. The van der Waals surface area contributed by atoms with Gasteiger partial charge in [0.15, 0.2) is 50.9 Å². The molecular formula is C89H124Cl9F15N24. The van der Waals surface area contributed by atoms with E-state index in [0.29, 0.717) is 135 Å². The average molecular weight is 2130 g/mol. The van der Waals surface area contributed by atoms with Crippen molar-refractivity contribution in [3.8, 4) is 0 Å². The van der Waals surface area contributed by atoms with E-state index in [0.717, 1.165) is 200 Å². The number of rotatable bonds is 21. The highest BCUT2D eigenvalue weighted by molar-refractivity contribution is 5.88. The first-order valence-electron chi connectivity index (χ1n) is 45.7. The molecular weight excluding hydrogens is 2010 g/mol. The van der Waals surface area contributed by atoms with E-state index in [2.05, 4.69) is 60.9 Å². The Morgan fingerprint density at radius 2 is 0.591 bits per heavy atom. The molecule has 0 amide bonds. The Hall–Kier alpha value is -6.57. The fraction of sp³-hybridized carbons (Fsp3) is 0.629. The van der Waals surface area contributed by atoms with Gasteiger partial charge in [0.2, 0.25) is 17.8 Å². The Balaban J connectivity index is 0.000000271. The van der Waals surface area contributed by atoms with E-state index in [4.69, 9.17) is 52.1 Å². The fourth-order valence-electron chi connectivity index (χ4n) is 20.2. The number of nitrogens with one attached hydrogen (secondary N) is 6. The molecule has 9 aromatic rings. The molecule has 6 saturated carbocycles. The second-order valence-corrected chi connectivity index (χ2v) is 37.0. The number of fused-ring (bicyclic) bond motifs is 3. The summed E-state index contributed by atoms with van der Waals surface area (Å²) in [6, 6.07) is 12.1. The number of hydrogen-bond donors (Lipinski definition) is 9. The van der Waals surface area contributed by atoms with Gasteiger partial charge in [0.25, 0.3) is 0 Å². The maximum Gasteiger partial charge on any atom is 0.416 e. The van der Waals surface area contributed by atoms with Crippen molar-refractivity contribution < 1.29 is 65.9 Å². The van der Waals surface area contributed by atoms with Crippen LogP contribution in [0.4, 0.5) is 101 Å². The van der Waals surface area contributed by atoms with Crippen molar-refractivity contribution in [1.82, 2.24) is 73.6 Å². The second-order valence-electron chi connectivity index (χ2n) is 37.0. The fourth-order valence-corrected chi connectivity index (χ4v) is 20.2. The lowest BCUT2D eigenvalue weighted by Crippen LogP contribution is -2.39. The van der Waals surface area contributed by atoms with Crippen LogP contribution in [0.3, 0.4) is 0 Å². The second kappa shape index (κ2) is 51.1. The summed E-state index contributed by atoms with van der Waals surface area (Å²) in [6.07, 6.45) is 12.1. The molecule has 6 aromatic heterocycles. The Kier molecular flexibility index (Phi) is 43.8. The van der Waals surface area contributed by atoms with Gasteiger partial charge in [0, 0.05) is 93.6 Å². The standard InChI is InChI=1S/2C30H38F6N8.C29H39F3N8.9ClH/c31-29(32,33)20-14-19(15-21(16-20)30(34,35)36)13-18-9-11-43(12-10-18)42-26-25-27(44(17-38-25)24-3-1-2-4-24)41-28(40-26)39-23-7-5-22(37)6-8-23;31-29(32,33)20-6-5-19(24(16-20)30(34,35)36)15-18-11-13-43(14-12-18)42-26-25-27(44(17-38-25)23-3-1-2-4-23)41-28(40-26)39-22-9-7-21(37)8-10-22;30-29(31,32)21-5-3-4-20(17-21)16-19-12-14-39(15-13-19)38-26-25-27(40(18-34-25)24-6-1-2-7-24)37-28(36-26)35-23-10-8-22(33)9-11-23;;;;;;;;;/h14-18,22-24H,1-13,37H2,(H2,39,40,41,42);5-6,16-18,21-23H,1-4,7-15,37H2,(H2,39,40,41,42);3-5,17-19,22-24H,1-2,6-16,33H2,(H2,35,36,37,38);9*1H. The maximum atomic E-state index is 13.7. The minimum Gasteiger partial charge on any atom is -0.351 e. The van der Waals surface area contributed by atoms with E-state index in [-0.39, 0.29) is 190 Å². The normalized spacial score (nSPS) is 21.6. The van der Waals surface area contributed by atoms with Gasteiger partial charge in [-0.15, -0.1) is 112 Å². The third-order valence-electron chi connectivity index (χ3n) is 27.6. The summed E-state index contributed by atoms with van der Waals surface area (Å²) in [5.41, 5.74) is 28.2. The molecule has 48 heteroatoms. The van der Waals surface area contributed by atoms with Crippen molar-refractivity contribution in [3.63, 3.8) is 0 Å². The monoisotopic (exact) mass is 2130 g/mol. The topological polar surface area (TPSA) is 291 Å². The molecule has 24 nitrogen and oxygen atoms in total. The molecule has 9 heterocycles. The van der Waals surface area contributed by atoms with Crippen molar-refractivity contribution >= 4 is 180 Å². The molecule has 768 valence electrons. The van der Waals surface area contributed by atoms with Crippen LogP contribution in [-0.2, 0) is 50.1 Å². The Bertz CT molecular complexity index is 5170. The zero-order valence-corrected chi connectivity index (χ0v) is 82.6. The van der Waals surface area contributed by atoms with Gasteiger partial charge in [0.1, 0.15) is 0 Å². The van der Waals surface area contributed by atoms with Crippen molar-refractivity contribution in [2.45, 2.75) is 297 Å². The molecule has 0 radical (unpaired) electrons. The number of halogens is 24. The van der Waals surface area contributed by atoms with Crippen molar-refractivity contribution in [2.75, 3.05) is 71.5 Å². The van der Waals surface area contributed by atoms with Crippen LogP contribution < -0.4 is 49.4 Å². The van der Waals surface area contributed by atoms with E-state index < -0.39 is 58.7 Å². The van der Waals surface area contributed by atoms with E-state index >= 15 is 0 Å². The summed E-state index contributed by atoms with van der Waals surface area (Å²) >= 11 is 0. The van der Waals surface area contributed by atoms with Crippen LogP contribution in [0.15, 0.2) is 79.6 Å². The number of aromatic nitrogens is 12. The van der Waals surface area contributed by atoms with E-state index in [1.165, 1.54) is 50.7 Å². The van der Waals surface area contributed by atoms with Crippen LogP contribution in [0.2, 0.25) is 0 Å². The number of nitrogens with zero attached hydrogens (tertiary/aromatic N) is 15. The zero-order chi connectivity index (χ0) is 89.8. The van der Waals surface area contributed by atoms with Gasteiger partial charge in [0.05, 0.1) is 46.8 Å². The number of piperidine rings is 3. The lowest BCUT2D eigenvalue weighted by molar-refractivity contribution is -0.145. The minimum absolute atomic E-state index is 0. The van der Waals surface area contributed by atoms with Gasteiger partial charge in [-0.05, 0) is 244 Å². The Morgan fingerprint density at radius 3 is 0.898 bits per heavy atom. The molecule has 9 aliphatic rings. The molecule has 3 aromatic carbocycles. The molecule has 18 rings (SSSR count). The van der Waals surface area contributed by atoms with Gasteiger partial charge in [-0.3, -0.25) is 0 Å². The number of nitrogens with two attached hydrogens (primary N) is 3. The number of imidazole rings is 3. The highest BCUT2D eigenvalue weighted by atomic mass is 35.5. The molecule has 0 spiro atoms. The molecule has 3 saturated heterocycles. The molecule has 9 fully saturated rings. The molecule has 3 aliphatic heterocycles. The molecule has 0 atom stereocenters. The van der Waals surface area contributed by atoms with Gasteiger partial charge in [-0.1, -0.05) is 62.8 Å². The zero-order valence-electron chi connectivity index (χ0n) is 75.3. The van der Waals surface area contributed by atoms with Crippen LogP contribution in [-0.4, -0.2) is 149 Å². The lowest BCUT2D eigenvalue weighted by Gasteiger charge is -2.33. The van der Waals surface area contributed by atoms with Crippen molar-refractivity contribution in [2.24, 2.45) is 35.0 Å². The van der Waals surface area contributed by atoms with Crippen LogP contribution in [0.5, 0.6) is 0 Å².